The van der Waals surface area contributed by atoms with Crippen molar-refractivity contribution in [2.75, 3.05) is 10.6 Å². The predicted molar refractivity (Wildman–Crippen MR) is 123 cm³/mol. The Balaban J connectivity index is 1.66. The number of halogens is 3. The Labute approximate surface area is 194 Å². The minimum absolute atomic E-state index is 0.00857. The molecule has 0 saturated heterocycles. The van der Waals surface area contributed by atoms with Gasteiger partial charge in [-0.25, -0.2) is 4.79 Å². The number of aliphatic imine (C=N–C) groups is 1. The summed E-state index contributed by atoms with van der Waals surface area (Å²) in [4.78, 5) is 16.3. The number of nitrogens with one attached hydrogen (secondary N) is 2. The number of benzene rings is 2. The SMILES string of the molecule is C=C/C(=C\N=CC)c1ccc(C(C)[n+]2cc(NC(=O)Nc3cccc(C(F)(F)F)c3)on2)cc1. The van der Waals surface area contributed by atoms with E-state index in [0.717, 1.165) is 28.8 Å². The van der Waals surface area contributed by atoms with Crippen LogP contribution in [-0.2, 0) is 6.18 Å². The second-order valence-corrected chi connectivity index (χ2v) is 7.20. The van der Waals surface area contributed by atoms with E-state index in [2.05, 4.69) is 27.5 Å². The van der Waals surface area contributed by atoms with Crippen molar-refractivity contribution < 1.29 is 27.2 Å². The Morgan fingerprint density at radius 3 is 2.59 bits per heavy atom. The Morgan fingerprint density at radius 1 is 1.21 bits per heavy atom. The highest BCUT2D eigenvalue weighted by molar-refractivity contribution is 5.98. The average Bonchev–Trinajstić information content (AvgIpc) is 3.27. The van der Waals surface area contributed by atoms with E-state index in [4.69, 9.17) is 4.52 Å². The molecule has 1 unspecified atom stereocenters. The van der Waals surface area contributed by atoms with E-state index < -0.39 is 17.8 Å². The number of amides is 2. The van der Waals surface area contributed by atoms with Crippen LogP contribution in [0, 0.1) is 0 Å². The molecule has 2 aromatic carbocycles. The molecule has 1 atom stereocenters. The van der Waals surface area contributed by atoms with Crippen molar-refractivity contribution in [3.8, 4) is 0 Å². The lowest BCUT2D eigenvalue weighted by Crippen LogP contribution is -2.39. The van der Waals surface area contributed by atoms with E-state index in [1.165, 1.54) is 23.0 Å². The second kappa shape index (κ2) is 10.6. The average molecular weight is 470 g/mol. The number of rotatable bonds is 7. The second-order valence-electron chi connectivity index (χ2n) is 7.20. The molecule has 0 saturated carbocycles. The lowest BCUT2D eigenvalue weighted by atomic mass is 10.0. The Hall–Kier alpha value is -4.21. The molecule has 7 nitrogen and oxygen atoms in total. The van der Waals surface area contributed by atoms with Crippen LogP contribution in [0.1, 0.15) is 36.6 Å². The smallest absolute Gasteiger partial charge is 0.308 e. The maximum atomic E-state index is 12.8. The highest BCUT2D eigenvalue weighted by atomic mass is 19.4. The number of nitrogens with zero attached hydrogens (tertiary/aromatic N) is 3. The van der Waals surface area contributed by atoms with Gasteiger partial charge in [0.1, 0.15) is 0 Å². The predicted octanol–water partition coefficient (Wildman–Crippen LogP) is 5.85. The molecule has 3 rings (SSSR count). The number of hydrogen-bond donors (Lipinski definition) is 2. The van der Waals surface area contributed by atoms with Gasteiger partial charge in [-0.15, -0.1) is 0 Å². The summed E-state index contributed by atoms with van der Waals surface area (Å²) in [6.07, 6.45) is 2.11. The van der Waals surface area contributed by atoms with Crippen molar-refractivity contribution in [3.05, 3.63) is 90.3 Å². The molecule has 176 valence electrons. The fraction of sp³-hybridized carbons (Fsp3) is 0.167. The summed E-state index contributed by atoms with van der Waals surface area (Å²) in [5.41, 5.74) is 1.89. The van der Waals surface area contributed by atoms with Gasteiger partial charge in [0.05, 0.1) is 5.56 Å². The molecule has 0 spiro atoms. The zero-order chi connectivity index (χ0) is 24.7. The van der Waals surface area contributed by atoms with Gasteiger partial charge in [-0.05, 0) is 40.9 Å². The summed E-state index contributed by atoms with van der Waals surface area (Å²) in [6.45, 7) is 7.53. The van der Waals surface area contributed by atoms with Gasteiger partial charge in [0.2, 0.25) is 11.3 Å². The van der Waals surface area contributed by atoms with Crippen LogP contribution in [0.25, 0.3) is 5.57 Å². The first-order valence-corrected chi connectivity index (χ1v) is 10.3. The summed E-state index contributed by atoms with van der Waals surface area (Å²) in [5.74, 6) is 0.0299. The van der Waals surface area contributed by atoms with Gasteiger partial charge in [0.25, 0.3) is 6.20 Å². The molecule has 0 bridgehead atoms. The number of aromatic nitrogens is 2. The van der Waals surface area contributed by atoms with Gasteiger partial charge in [-0.3, -0.25) is 14.8 Å². The van der Waals surface area contributed by atoms with Crippen molar-refractivity contribution >= 4 is 29.4 Å². The lowest BCUT2D eigenvalue weighted by Gasteiger charge is -2.09. The molecule has 1 aromatic heterocycles. The van der Waals surface area contributed by atoms with Gasteiger partial charge in [0, 0.05) is 30.6 Å². The monoisotopic (exact) mass is 470 g/mol. The fourth-order valence-corrected chi connectivity index (χ4v) is 3.05. The van der Waals surface area contributed by atoms with E-state index in [9.17, 15) is 18.0 Å². The van der Waals surface area contributed by atoms with Crippen molar-refractivity contribution in [2.45, 2.75) is 26.1 Å². The first kappa shape index (κ1) is 24.4. The fourth-order valence-electron chi connectivity index (χ4n) is 3.05. The molecule has 0 aliphatic heterocycles. The molecule has 34 heavy (non-hydrogen) atoms. The van der Waals surface area contributed by atoms with Crippen LogP contribution in [0.2, 0.25) is 0 Å². The van der Waals surface area contributed by atoms with E-state index in [-0.39, 0.29) is 17.6 Å². The van der Waals surface area contributed by atoms with Crippen molar-refractivity contribution in [1.82, 2.24) is 5.27 Å². The van der Waals surface area contributed by atoms with Crippen molar-refractivity contribution in [2.24, 2.45) is 4.99 Å². The van der Waals surface area contributed by atoms with Crippen LogP contribution < -0.4 is 15.3 Å². The van der Waals surface area contributed by atoms with Gasteiger partial charge >= 0.3 is 18.1 Å². The van der Waals surface area contributed by atoms with Crippen LogP contribution in [0.3, 0.4) is 0 Å². The maximum Gasteiger partial charge on any atom is 0.416 e. The highest BCUT2D eigenvalue weighted by Gasteiger charge is 2.30. The minimum Gasteiger partial charge on any atom is -0.308 e. The van der Waals surface area contributed by atoms with Crippen LogP contribution in [-0.4, -0.2) is 17.5 Å². The Bertz CT molecular complexity index is 1210. The van der Waals surface area contributed by atoms with Gasteiger partial charge < -0.3 is 5.32 Å². The highest BCUT2D eigenvalue weighted by Crippen LogP contribution is 2.30. The standard InChI is InChI=1S/C24H22F3N5O2/c1-4-17(14-28-5-2)19-11-9-18(10-12-19)16(3)32-15-22(34-31-32)30-23(33)29-21-8-6-7-20(13-21)24(25,26)27/h4-16H,1H2,2-3H3,(H-,29,30,31,33)/p+1/b17-14+,28-5?. The largest absolute Gasteiger partial charge is 0.416 e. The number of carbonyl (C=O) groups is 1. The van der Waals surface area contributed by atoms with E-state index in [0.29, 0.717) is 0 Å². The molecule has 0 aliphatic rings. The normalized spacial score (nSPS) is 13.0. The first-order valence-electron chi connectivity index (χ1n) is 10.3. The van der Waals surface area contributed by atoms with Crippen LogP contribution in [0.15, 0.2) is 83.1 Å². The molecule has 0 radical (unpaired) electrons. The molecule has 10 heteroatoms. The summed E-state index contributed by atoms with van der Waals surface area (Å²) in [6, 6.07) is 11.1. The molecule has 0 aliphatic carbocycles. The van der Waals surface area contributed by atoms with Crippen LogP contribution >= 0.6 is 0 Å². The first-order chi connectivity index (χ1) is 16.2. The molecule has 2 N–H and O–H groups in total. The molecular weight excluding hydrogens is 447 g/mol. The number of carbonyl (C=O) groups excluding carboxylic acids is 1. The topological polar surface area (TPSA) is 83.4 Å². The number of urea groups is 1. The third-order valence-corrected chi connectivity index (χ3v) is 4.87. The molecule has 3 aromatic rings. The maximum absolute atomic E-state index is 12.8. The van der Waals surface area contributed by atoms with Gasteiger partial charge in [-0.1, -0.05) is 43.0 Å². The number of hydrogen-bond acceptors (Lipinski definition) is 4. The van der Waals surface area contributed by atoms with E-state index in [1.54, 1.807) is 18.5 Å². The van der Waals surface area contributed by atoms with Crippen molar-refractivity contribution in [3.63, 3.8) is 0 Å². The van der Waals surface area contributed by atoms with Gasteiger partial charge in [-0.2, -0.15) is 13.2 Å². The van der Waals surface area contributed by atoms with E-state index in [1.807, 2.05) is 38.1 Å². The number of anilines is 2. The third kappa shape index (κ3) is 6.18. The van der Waals surface area contributed by atoms with Crippen LogP contribution in [0.5, 0.6) is 0 Å². The molecule has 2 amide bonds. The quantitative estimate of drug-likeness (QED) is 0.258. The zero-order valence-electron chi connectivity index (χ0n) is 18.5. The molecule has 0 fully saturated rings. The molecular formula is C24H23F3N5O2+. The number of allylic oxidation sites excluding steroid dienone is 2. The summed E-state index contributed by atoms with van der Waals surface area (Å²) in [7, 11) is 0. The Morgan fingerprint density at radius 2 is 1.94 bits per heavy atom. The zero-order valence-corrected chi connectivity index (χ0v) is 18.5. The van der Waals surface area contributed by atoms with E-state index >= 15 is 0 Å². The molecule has 1 heterocycles. The van der Waals surface area contributed by atoms with Crippen molar-refractivity contribution in [1.29, 1.82) is 0 Å². The summed E-state index contributed by atoms with van der Waals surface area (Å²) < 4.78 is 45.2. The minimum atomic E-state index is -4.51. The lowest BCUT2D eigenvalue weighted by molar-refractivity contribution is -0.774. The van der Waals surface area contributed by atoms with Gasteiger partial charge in [0.15, 0.2) is 0 Å². The van der Waals surface area contributed by atoms with Crippen LogP contribution in [0.4, 0.5) is 29.5 Å². The Kier molecular flexibility index (Phi) is 7.62. The summed E-state index contributed by atoms with van der Waals surface area (Å²) in [5, 5.41) is 8.67. The third-order valence-electron chi connectivity index (χ3n) is 4.87. The summed E-state index contributed by atoms with van der Waals surface area (Å²) >= 11 is 0. The number of alkyl halides is 3.